The fourth-order valence-corrected chi connectivity index (χ4v) is 3.56. The lowest BCUT2D eigenvalue weighted by atomic mass is 10.2. The monoisotopic (exact) mass is 388 g/mol. The number of carbonyl (C=O) groups is 2. The molecule has 2 heterocycles. The van der Waals surface area contributed by atoms with E-state index >= 15 is 0 Å². The van der Waals surface area contributed by atoms with E-state index in [0.29, 0.717) is 26.2 Å². The first kappa shape index (κ1) is 20.2. The predicted octanol–water partition coefficient (Wildman–Crippen LogP) is 2.30. The van der Waals surface area contributed by atoms with Crippen LogP contribution in [0, 0.1) is 0 Å². The van der Waals surface area contributed by atoms with Gasteiger partial charge in [-0.3, -0.25) is 9.69 Å². The van der Waals surface area contributed by atoms with Crippen molar-refractivity contribution in [2.24, 2.45) is 0 Å². The molecule has 2 N–H and O–H groups in total. The molecule has 152 valence electrons. The maximum atomic E-state index is 12.7. The zero-order valence-electron chi connectivity index (χ0n) is 16.4. The van der Waals surface area contributed by atoms with Crippen LogP contribution in [-0.4, -0.2) is 77.4 Å². The van der Waals surface area contributed by atoms with Crippen LogP contribution < -0.4 is 5.32 Å². The van der Waals surface area contributed by atoms with Gasteiger partial charge >= 0.3 is 12.0 Å². The highest BCUT2D eigenvalue weighted by atomic mass is 16.5. The van der Waals surface area contributed by atoms with Crippen LogP contribution >= 0.6 is 0 Å². The number of aromatic nitrogens is 1. The van der Waals surface area contributed by atoms with Gasteiger partial charge in [0.2, 0.25) is 0 Å². The summed E-state index contributed by atoms with van der Waals surface area (Å²) in [6.45, 7) is 4.88. The van der Waals surface area contributed by atoms with Crippen LogP contribution in [0.4, 0.5) is 10.5 Å². The van der Waals surface area contributed by atoms with E-state index in [1.54, 1.807) is 16.8 Å². The average molecular weight is 388 g/mol. The number of rotatable bonds is 7. The summed E-state index contributed by atoms with van der Waals surface area (Å²) in [5.74, 6) is -0.879. The molecule has 1 aliphatic heterocycles. The summed E-state index contributed by atoms with van der Waals surface area (Å²) < 4.78 is 7.88. The molecule has 1 saturated heterocycles. The van der Waals surface area contributed by atoms with Crippen molar-refractivity contribution in [1.29, 1.82) is 0 Å². The number of hydrogen-bond donors (Lipinski definition) is 2. The Bertz CT molecular complexity index is 835. The minimum Gasteiger partial charge on any atom is -0.480 e. The van der Waals surface area contributed by atoms with E-state index in [4.69, 9.17) is 9.84 Å². The lowest BCUT2D eigenvalue weighted by molar-refractivity contribution is -0.138. The maximum Gasteiger partial charge on any atom is 0.322 e. The van der Waals surface area contributed by atoms with Crippen molar-refractivity contribution in [3.8, 4) is 0 Å². The van der Waals surface area contributed by atoms with Gasteiger partial charge in [-0.05, 0) is 37.1 Å². The van der Waals surface area contributed by atoms with Crippen LogP contribution in [0.1, 0.15) is 13.3 Å². The number of urea groups is 1. The summed E-state index contributed by atoms with van der Waals surface area (Å²) in [4.78, 5) is 26.9. The van der Waals surface area contributed by atoms with Crippen molar-refractivity contribution in [2.75, 3.05) is 45.2 Å². The molecule has 8 nitrogen and oxygen atoms in total. The van der Waals surface area contributed by atoms with Gasteiger partial charge in [-0.25, -0.2) is 4.79 Å². The van der Waals surface area contributed by atoms with Crippen molar-refractivity contribution in [3.05, 3.63) is 30.5 Å². The molecule has 1 fully saturated rings. The van der Waals surface area contributed by atoms with Gasteiger partial charge in [0.1, 0.15) is 0 Å². The molecule has 0 bridgehead atoms. The first-order chi connectivity index (χ1) is 13.5. The van der Waals surface area contributed by atoms with Crippen LogP contribution in [0.15, 0.2) is 30.5 Å². The lowest BCUT2D eigenvalue weighted by Crippen LogP contribution is -2.50. The highest BCUT2D eigenvalue weighted by Crippen LogP contribution is 2.21. The molecule has 8 heteroatoms. The normalized spacial score (nSPS) is 17.2. The van der Waals surface area contributed by atoms with Crippen molar-refractivity contribution in [3.63, 3.8) is 0 Å². The molecular weight excluding hydrogens is 360 g/mol. The molecule has 0 saturated carbocycles. The SMILES string of the molecule is CCCn1ccc2ccc(NC(=O)N3CCOC(CN(C)CC(=O)O)C3)cc21. The predicted molar refractivity (Wildman–Crippen MR) is 108 cm³/mol. The highest BCUT2D eigenvalue weighted by Gasteiger charge is 2.25. The Balaban J connectivity index is 1.61. The summed E-state index contributed by atoms with van der Waals surface area (Å²) in [6, 6.07) is 7.84. The molecule has 2 amide bonds. The molecule has 1 unspecified atom stereocenters. The number of carbonyl (C=O) groups excluding carboxylic acids is 1. The van der Waals surface area contributed by atoms with Gasteiger partial charge < -0.3 is 24.6 Å². The Morgan fingerprint density at radius 1 is 1.36 bits per heavy atom. The van der Waals surface area contributed by atoms with Crippen LogP contribution in [-0.2, 0) is 16.1 Å². The second-order valence-electron chi connectivity index (χ2n) is 7.24. The third kappa shape index (κ3) is 5.02. The lowest BCUT2D eigenvalue weighted by Gasteiger charge is -2.34. The minimum atomic E-state index is -0.879. The van der Waals surface area contributed by atoms with Crippen molar-refractivity contribution in [2.45, 2.75) is 26.0 Å². The van der Waals surface area contributed by atoms with Gasteiger partial charge in [0.25, 0.3) is 0 Å². The molecule has 28 heavy (non-hydrogen) atoms. The smallest absolute Gasteiger partial charge is 0.322 e. The van der Waals surface area contributed by atoms with Crippen LogP contribution in [0.5, 0.6) is 0 Å². The number of ether oxygens (including phenoxy) is 1. The van der Waals surface area contributed by atoms with E-state index in [1.807, 2.05) is 18.2 Å². The number of nitrogens with zero attached hydrogens (tertiary/aromatic N) is 3. The van der Waals surface area contributed by atoms with E-state index in [2.05, 4.69) is 29.1 Å². The topological polar surface area (TPSA) is 87.0 Å². The van der Waals surface area contributed by atoms with E-state index in [-0.39, 0.29) is 18.7 Å². The van der Waals surface area contributed by atoms with E-state index in [9.17, 15) is 9.59 Å². The van der Waals surface area contributed by atoms with E-state index in [0.717, 1.165) is 29.6 Å². The number of carboxylic acid groups (broad SMARTS) is 1. The number of benzene rings is 1. The molecule has 1 aliphatic rings. The number of nitrogens with one attached hydrogen (secondary N) is 1. The fraction of sp³-hybridized carbons (Fsp3) is 0.500. The fourth-order valence-electron chi connectivity index (χ4n) is 3.56. The van der Waals surface area contributed by atoms with E-state index < -0.39 is 5.97 Å². The molecule has 0 radical (unpaired) electrons. The second-order valence-corrected chi connectivity index (χ2v) is 7.24. The summed E-state index contributed by atoms with van der Waals surface area (Å²) in [7, 11) is 1.73. The minimum absolute atomic E-state index is 0.0521. The maximum absolute atomic E-state index is 12.7. The van der Waals surface area contributed by atoms with Gasteiger partial charge in [-0.15, -0.1) is 0 Å². The van der Waals surface area contributed by atoms with Crippen LogP contribution in [0.2, 0.25) is 0 Å². The number of amides is 2. The molecule has 0 aliphatic carbocycles. The molecule has 1 aromatic carbocycles. The highest BCUT2D eigenvalue weighted by molar-refractivity contribution is 5.93. The number of aliphatic carboxylic acids is 1. The number of fused-ring (bicyclic) bond motifs is 1. The zero-order chi connectivity index (χ0) is 20.1. The largest absolute Gasteiger partial charge is 0.480 e. The quantitative estimate of drug-likeness (QED) is 0.760. The van der Waals surface area contributed by atoms with Gasteiger partial charge in [-0.1, -0.05) is 13.0 Å². The Morgan fingerprint density at radius 2 is 2.18 bits per heavy atom. The summed E-state index contributed by atoms with van der Waals surface area (Å²) >= 11 is 0. The zero-order valence-corrected chi connectivity index (χ0v) is 16.4. The Hall–Kier alpha value is -2.58. The number of carboxylic acids is 1. The number of anilines is 1. The molecule has 2 aromatic rings. The Morgan fingerprint density at radius 3 is 2.93 bits per heavy atom. The first-order valence-electron chi connectivity index (χ1n) is 9.63. The van der Waals surface area contributed by atoms with Gasteiger partial charge in [0.15, 0.2) is 0 Å². The summed E-state index contributed by atoms with van der Waals surface area (Å²) in [5.41, 5.74) is 1.87. The molecule has 0 spiro atoms. The number of morpholine rings is 1. The molecular formula is C20H28N4O4. The van der Waals surface area contributed by atoms with Crippen molar-refractivity contribution in [1.82, 2.24) is 14.4 Å². The standard InChI is InChI=1S/C20H28N4O4/c1-3-7-23-8-6-15-4-5-16(11-18(15)23)21-20(27)24-9-10-28-17(13-24)12-22(2)14-19(25)26/h4-6,8,11,17H,3,7,9-10,12-14H2,1-2H3,(H,21,27)(H,25,26). The molecule has 1 atom stereocenters. The number of hydrogen-bond acceptors (Lipinski definition) is 4. The van der Waals surface area contributed by atoms with E-state index in [1.165, 1.54) is 0 Å². The Labute approximate surface area is 164 Å². The third-order valence-electron chi connectivity index (χ3n) is 4.84. The third-order valence-corrected chi connectivity index (χ3v) is 4.84. The van der Waals surface area contributed by atoms with Crippen molar-refractivity contribution < 1.29 is 19.4 Å². The summed E-state index contributed by atoms with van der Waals surface area (Å²) in [6.07, 6.45) is 2.92. The number of likely N-dealkylation sites (N-methyl/N-ethyl adjacent to an activating group) is 1. The van der Waals surface area contributed by atoms with Gasteiger partial charge in [-0.2, -0.15) is 0 Å². The van der Waals surface area contributed by atoms with Gasteiger partial charge in [0, 0.05) is 38.1 Å². The Kier molecular flexibility index (Phi) is 6.53. The van der Waals surface area contributed by atoms with Crippen molar-refractivity contribution >= 4 is 28.6 Å². The van der Waals surface area contributed by atoms with Gasteiger partial charge in [0.05, 0.1) is 24.8 Å². The van der Waals surface area contributed by atoms with Crippen LogP contribution in [0.3, 0.4) is 0 Å². The molecule has 1 aromatic heterocycles. The van der Waals surface area contributed by atoms with Crippen LogP contribution in [0.25, 0.3) is 10.9 Å². The number of aryl methyl sites for hydroxylation is 1. The average Bonchev–Trinajstić information content (AvgIpc) is 3.04. The summed E-state index contributed by atoms with van der Waals surface area (Å²) in [5, 5.41) is 13.0. The first-order valence-corrected chi connectivity index (χ1v) is 9.63. The molecule has 3 rings (SSSR count). The second kappa shape index (κ2) is 9.07.